The molecule has 0 amide bonds. The number of rotatable bonds is 2. The summed E-state index contributed by atoms with van der Waals surface area (Å²) < 4.78 is 16.4. The Morgan fingerprint density at radius 2 is 1.75 bits per heavy atom. The average molecular weight is 289 g/mol. The predicted octanol–water partition coefficient (Wildman–Crippen LogP) is 4.55. The van der Waals surface area contributed by atoms with Crippen LogP contribution < -0.4 is 0 Å². The standard InChI is InChI=1S/C17H23NOS/c1-17(2,3)20(19)18-16-12-8-7-11-15(16)13-14-9-5-4-6-10-14/h4-6,9-10,13H,7-8,11-12H2,1-3H3/b15-13+,18-16-/t20-/m1/s1. The Kier molecular flexibility index (Phi) is 4.92. The number of nitrogens with zero attached hydrogens (tertiary/aromatic N) is 1. The van der Waals surface area contributed by atoms with E-state index in [1.807, 2.05) is 39.0 Å². The quantitative estimate of drug-likeness (QED) is 0.785. The molecule has 20 heavy (non-hydrogen) atoms. The van der Waals surface area contributed by atoms with Crippen molar-refractivity contribution in [1.29, 1.82) is 0 Å². The van der Waals surface area contributed by atoms with Crippen molar-refractivity contribution >= 4 is 22.8 Å². The van der Waals surface area contributed by atoms with Gasteiger partial charge in [0.05, 0.1) is 10.5 Å². The first-order valence-electron chi connectivity index (χ1n) is 7.22. The molecule has 1 aliphatic carbocycles. The fourth-order valence-corrected chi connectivity index (χ4v) is 2.84. The Balaban J connectivity index is 2.28. The maximum absolute atomic E-state index is 12.2. The Labute approximate surface area is 124 Å². The topological polar surface area (TPSA) is 29.4 Å². The highest BCUT2D eigenvalue weighted by Crippen LogP contribution is 2.25. The Hall–Kier alpha value is -1.22. The van der Waals surface area contributed by atoms with Crippen molar-refractivity contribution < 1.29 is 4.21 Å². The van der Waals surface area contributed by atoms with E-state index in [1.54, 1.807) is 0 Å². The van der Waals surface area contributed by atoms with E-state index < -0.39 is 11.0 Å². The van der Waals surface area contributed by atoms with E-state index in [0.717, 1.165) is 25.0 Å². The van der Waals surface area contributed by atoms with E-state index >= 15 is 0 Å². The number of benzene rings is 1. The zero-order valence-corrected chi connectivity index (χ0v) is 13.4. The van der Waals surface area contributed by atoms with Gasteiger partial charge in [-0.25, -0.2) is 4.21 Å². The molecule has 0 bridgehead atoms. The van der Waals surface area contributed by atoms with Gasteiger partial charge in [0.2, 0.25) is 0 Å². The lowest BCUT2D eigenvalue weighted by molar-refractivity contribution is 0.650. The average Bonchev–Trinajstić information content (AvgIpc) is 2.41. The van der Waals surface area contributed by atoms with Gasteiger partial charge >= 0.3 is 0 Å². The second kappa shape index (κ2) is 6.49. The van der Waals surface area contributed by atoms with Gasteiger partial charge in [0.15, 0.2) is 0 Å². The molecule has 0 radical (unpaired) electrons. The summed E-state index contributed by atoms with van der Waals surface area (Å²) in [5, 5.41) is 0. The van der Waals surface area contributed by atoms with Crippen LogP contribution in [0.5, 0.6) is 0 Å². The predicted molar refractivity (Wildman–Crippen MR) is 88.2 cm³/mol. The van der Waals surface area contributed by atoms with Crippen LogP contribution >= 0.6 is 0 Å². The van der Waals surface area contributed by atoms with Crippen LogP contribution in [0.3, 0.4) is 0 Å². The maximum atomic E-state index is 12.2. The second-order valence-corrected chi connectivity index (χ2v) is 8.09. The third-order valence-corrected chi connectivity index (χ3v) is 4.77. The molecular weight excluding hydrogens is 266 g/mol. The van der Waals surface area contributed by atoms with Gasteiger partial charge in [-0.1, -0.05) is 30.3 Å². The van der Waals surface area contributed by atoms with Gasteiger partial charge in [-0.05, 0) is 63.7 Å². The molecule has 3 heteroatoms. The van der Waals surface area contributed by atoms with Crippen LogP contribution in [0.1, 0.15) is 52.0 Å². The molecule has 1 aliphatic rings. The van der Waals surface area contributed by atoms with Gasteiger partial charge in [-0.2, -0.15) is 4.40 Å². The third kappa shape index (κ3) is 4.14. The third-order valence-electron chi connectivity index (χ3n) is 3.34. The lowest BCUT2D eigenvalue weighted by Gasteiger charge is -2.20. The van der Waals surface area contributed by atoms with Crippen molar-refractivity contribution in [3.05, 3.63) is 41.5 Å². The van der Waals surface area contributed by atoms with Crippen molar-refractivity contribution in [1.82, 2.24) is 0 Å². The first kappa shape index (κ1) is 15.2. The van der Waals surface area contributed by atoms with Gasteiger partial charge in [-0.15, -0.1) is 0 Å². The molecule has 0 aliphatic heterocycles. The smallest absolute Gasteiger partial charge is 0.145 e. The van der Waals surface area contributed by atoms with Crippen LogP contribution in [0.15, 0.2) is 40.3 Å². The summed E-state index contributed by atoms with van der Waals surface area (Å²) in [6.07, 6.45) is 6.51. The van der Waals surface area contributed by atoms with Crippen molar-refractivity contribution in [2.45, 2.75) is 51.2 Å². The molecule has 0 spiro atoms. The zero-order chi connectivity index (χ0) is 14.6. The summed E-state index contributed by atoms with van der Waals surface area (Å²) in [4.78, 5) is 0. The van der Waals surface area contributed by atoms with E-state index in [1.165, 1.54) is 17.6 Å². The fraction of sp³-hybridized carbons (Fsp3) is 0.471. The van der Waals surface area contributed by atoms with E-state index in [4.69, 9.17) is 0 Å². The van der Waals surface area contributed by atoms with Crippen molar-refractivity contribution in [2.75, 3.05) is 0 Å². The van der Waals surface area contributed by atoms with Crippen LogP contribution in [-0.2, 0) is 11.0 Å². The minimum absolute atomic E-state index is 0.289. The number of hydrogen-bond donors (Lipinski definition) is 0. The Bertz CT molecular complexity index is 538. The van der Waals surface area contributed by atoms with Gasteiger partial charge in [-0.3, -0.25) is 0 Å². The minimum atomic E-state index is -1.17. The molecule has 0 saturated heterocycles. The number of hydrogen-bond acceptors (Lipinski definition) is 1. The first-order valence-corrected chi connectivity index (χ1v) is 8.33. The molecule has 2 rings (SSSR count). The highest BCUT2D eigenvalue weighted by Gasteiger charge is 2.21. The highest BCUT2D eigenvalue weighted by molar-refractivity contribution is 7.85. The molecule has 1 saturated carbocycles. The molecule has 0 N–H and O–H groups in total. The lowest BCUT2D eigenvalue weighted by Crippen LogP contribution is -2.22. The molecule has 2 nitrogen and oxygen atoms in total. The van der Waals surface area contributed by atoms with Crippen LogP contribution in [0, 0.1) is 0 Å². The molecule has 1 fully saturated rings. The molecule has 0 aromatic heterocycles. The van der Waals surface area contributed by atoms with Gasteiger partial charge in [0.25, 0.3) is 0 Å². The van der Waals surface area contributed by atoms with E-state index in [2.05, 4.69) is 22.6 Å². The SMILES string of the molecule is CC(C)(C)[S@@](=O)/N=C1/CCCC/C1=C\c1ccccc1. The van der Waals surface area contributed by atoms with Crippen LogP contribution in [0.25, 0.3) is 6.08 Å². The summed E-state index contributed by atoms with van der Waals surface area (Å²) in [7, 11) is -1.17. The zero-order valence-electron chi connectivity index (χ0n) is 12.6. The van der Waals surface area contributed by atoms with Crippen molar-refractivity contribution in [3.63, 3.8) is 0 Å². The van der Waals surface area contributed by atoms with Gasteiger partial charge < -0.3 is 0 Å². The highest BCUT2D eigenvalue weighted by atomic mass is 32.2. The molecule has 0 unspecified atom stereocenters. The molecule has 1 aromatic rings. The summed E-state index contributed by atoms with van der Waals surface area (Å²) in [6.45, 7) is 5.91. The van der Waals surface area contributed by atoms with E-state index in [0.29, 0.717) is 0 Å². The normalized spacial score (nSPS) is 22.1. The van der Waals surface area contributed by atoms with E-state index in [9.17, 15) is 4.21 Å². The summed E-state index contributed by atoms with van der Waals surface area (Å²) in [5.41, 5.74) is 3.48. The van der Waals surface area contributed by atoms with Crippen molar-refractivity contribution in [3.8, 4) is 0 Å². The molecule has 1 aromatic carbocycles. The van der Waals surface area contributed by atoms with E-state index in [-0.39, 0.29) is 4.75 Å². The monoisotopic (exact) mass is 289 g/mol. The van der Waals surface area contributed by atoms with Gasteiger partial charge in [0.1, 0.15) is 11.0 Å². The molecule has 1 atom stereocenters. The summed E-state index contributed by atoms with van der Waals surface area (Å²) in [6, 6.07) is 10.3. The largest absolute Gasteiger partial charge is 0.234 e. The summed E-state index contributed by atoms with van der Waals surface area (Å²) in [5.74, 6) is 0. The van der Waals surface area contributed by atoms with Gasteiger partial charge in [0, 0.05) is 0 Å². The second-order valence-electron chi connectivity index (χ2n) is 6.19. The van der Waals surface area contributed by atoms with Crippen LogP contribution in [-0.4, -0.2) is 14.7 Å². The Morgan fingerprint density at radius 3 is 2.40 bits per heavy atom. The maximum Gasteiger partial charge on any atom is 0.145 e. The van der Waals surface area contributed by atoms with Crippen molar-refractivity contribution in [2.24, 2.45) is 4.40 Å². The molecular formula is C17H23NOS. The Morgan fingerprint density at radius 1 is 1.10 bits per heavy atom. The number of allylic oxidation sites excluding steroid dienone is 1. The first-order chi connectivity index (χ1) is 9.47. The fourth-order valence-electron chi connectivity index (χ4n) is 2.16. The summed E-state index contributed by atoms with van der Waals surface area (Å²) >= 11 is 0. The van der Waals surface area contributed by atoms with Crippen LogP contribution in [0.2, 0.25) is 0 Å². The minimum Gasteiger partial charge on any atom is -0.234 e. The molecule has 0 heterocycles. The lowest BCUT2D eigenvalue weighted by atomic mass is 9.91. The van der Waals surface area contributed by atoms with Crippen LogP contribution in [0.4, 0.5) is 0 Å². The molecule has 108 valence electrons.